The Hall–Kier alpha value is -1.14. The molecule has 0 aromatic rings. The van der Waals surface area contributed by atoms with E-state index in [9.17, 15) is 9.59 Å². The van der Waals surface area contributed by atoms with Crippen LogP contribution in [0, 0.1) is 5.92 Å². The van der Waals surface area contributed by atoms with Gasteiger partial charge in [-0.3, -0.25) is 14.5 Å². The Balaban J connectivity index is 1.63. The fourth-order valence-corrected chi connectivity index (χ4v) is 4.39. The lowest BCUT2D eigenvalue weighted by atomic mass is 9.99. The molecule has 3 rings (SSSR count). The van der Waals surface area contributed by atoms with Crippen LogP contribution in [0.5, 0.6) is 0 Å². The summed E-state index contributed by atoms with van der Waals surface area (Å²) in [5, 5.41) is 0. The molecule has 136 valence electrons. The standard InChI is InChI=1S/C18H31N3O3/c1-3-15-12-20(13-16(15)19-8-10-24-11-9-19)18(23)14(2)21-7-5-4-6-17(21)22/h14-16H,3-13H2,1-2H3/t14-,15-,16+/m1/s1. The summed E-state index contributed by atoms with van der Waals surface area (Å²) in [5.41, 5.74) is 0. The van der Waals surface area contributed by atoms with Crippen LogP contribution in [0.4, 0.5) is 0 Å². The van der Waals surface area contributed by atoms with E-state index >= 15 is 0 Å². The summed E-state index contributed by atoms with van der Waals surface area (Å²) >= 11 is 0. The van der Waals surface area contributed by atoms with Crippen LogP contribution in [0.3, 0.4) is 0 Å². The van der Waals surface area contributed by atoms with Crippen LogP contribution in [0.2, 0.25) is 0 Å². The number of piperidine rings is 1. The Labute approximate surface area is 145 Å². The lowest BCUT2D eigenvalue weighted by Gasteiger charge is -2.35. The molecule has 0 aromatic heterocycles. The fraction of sp³-hybridized carbons (Fsp3) is 0.889. The van der Waals surface area contributed by atoms with Crippen molar-refractivity contribution in [1.29, 1.82) is 0 Å². The minimum atomic E-state index is -0.321. The van der Waals surface area contributed by atoms with Crippen molar-refractivity contribution < 1.29 is 14.3 Å². The van der Waals surface area contributed by atoms with Crippen LogP contribution < -0.4 is 0 Å². The average molecular weight is 337 g/mol. The van der Waals surface area contributed by atoms with Gasteiger partial charge >= 0.3 is 0 Å². The van der Waals surface area contributed by atoms with E-state index in [1.807, 2.05) is 11.8 Å². The highest BCUT2D eigenvalue weighted by molar-refractivity contribution is 5.88. The van der Waals surface area contributed by atoms with Crippen molar-refractivity contribution in [2.45, 2.75) is 51.6 Å². The number of rotatable bonds is 4. The van der Waals surface area contributed by atoms with E-state index in [0.29, 0.717) is 18.4 Å². The quantitative estimate of drug-likeness (QED) is 0.767. The fourth-order valence-electron chi connectivity index (χ4n) is 4.39. The van der Waals surface area contributed by atoms with Crippen molar-refractivity contribution in [3.05, 3.63) is 0 Å². The Morgan fingerprint density at radius 2 is 1.96 bits per heavy atom. The van der Waals surface area contributed by atoms with Crippen LogP contribution in [0.1, 0.15) is 39.5 Å². The zero-order valence-corrected chi connectivity index (χ0v) is 15.1. The molecule has 3 saturated heterocycles. The summed E-state index contributed by atoms with van der Waals surface area (Å²) in [6.45, 7) is 9.96. The summed E-state index contributed by atoms with van der Waals surface area (Å²) < 4.78 is 5.47. The molecule has 0 saturated carbocycles. The second kappa shape index (κ2) is 7.83. The number of ether oxygens (including phenoxy) is 1. The average Bonchev–Trinajstić information content (AvgIpc) is 3.06. The van der Waals surface area contributed by atoms with Crippen molar-refractivity contribution >= 4 is 11.8 Å². The number of hydrogen-bond donors (Lipinski definition) is 0. The third-order valence-electron chi connectivity index (χ3n) is 5.94. The molecule has 3 atom stereocenters. The lowest BCUT2D eigenvalue weighted by Crippen LogP contribution is -2.51. The summed E-state index contributed by atoms with van der Waals surface area (Å²) in [6.07, 6.45) is 3.64. The first-order valence-electron chi connectivity index (χ1n) is 9.52. The molecular formula is C18H31N3O3. The van der Waals surface area contributed by atoms with Gasteiger partial charge in [0.2, 0.25) is 11.8 Å². The van der Waals surface area contributed by atoms with Crippen LogP contribution >= 0.6 is 0 Å². The highest BCUT2D eigenvalue weighted by atomic mass is 16.5. The number of nitrogens with zero attached hydrogens (tertiary/aromatic N) is 3. The van der Waals surface area contributed by atoms with E-state index < -0.39 is 0 Å². The highest BCUT2D eigenvalue weighted by Crippen LogP contribution is 2.27. The highest BCUT2D eigenvalue weighted by Gasteiger charge is 2.40. The van der Waals surface area contributed by atoms with Gasteiger partial charge in [0.05, 0.1) is 13.2 Å². The smallest absolute Gasteiger partial charge is 0.245 e. The first kappa shape index (κ1) is 17.7. The SMILES string of the molecule is CC[C@@H]1CN(C(=O)[C@@H](C)N2CCCCC2=O)C[C@@H]1N1CCOCC1. The summed E-state index contributed by atoms with van der Waals surface area (Å²) in [7, 11) is 0. The van der Waals surface area contributed by atoms with Crippen molar-refractivity contribution in [3.63, 3.8) is 0 Å². The predicted octanol–water partition coefficient (Wildman–Crippen LogP) is 0.957. The van der Waals surface area contributed by atoms with Crippen LogP contribution in [-0.2, 0) is 14.3 Å². The minimum Gasteiger partial charge on any atom is -0.379 e. The van der Waals surface area contributed by atoms with Gasteiger partial charge in [-0.25, -0.2) is 0 Å². The van der Waals surface area contributed by atoms with E-state index in [2.05, 4.69) is 11.8 Å². The molecule has 0 aliphatic carbocycles. The lowest BCUT2D eigenvalue weighted by molar-refractivity contribution is -0.146. The third kappa shape index (κ3) is 3.59. The van der Waals surface area contributed by atoms with E-state index in [0.717, 1.165) is 65.2 Å². The number of amides is 2. The Kier molecular flexibility index (Phi) is 5.76. The maximum atomic E-state index is 13.0. The van der Waals surface area contributed by atoms with E-state index in [1.165, 1.54) is 0 Å². The Bertz CT molecular complexity index is 464. The molecule has 6 heteroatoms. The topological polar surface area (TPSA) is 53.1 Å². The Morgan fingerprint density at radius 1 is 1.21 bits per heavy atom. The molecule has 2 amide bonds. The molecule has 24 heavy (non-hydrogen) atoms. The molecule has 0 N–H and O–H groups in total. The molecule has 0 radical (unpaired) electrons. The van der Waals surface area contributed by atoms with Gasteiger partial charge in [0, 0.05) is 45.2 Å². The van der Waals surface area contributed by atoms with Gasteiger partial charge in [-0.1, -0.05) is 13.3 Å². The van der Waals surface area contributed by atoms with Gasteiger partial charge in [-0.15, -0.1) is 0 Å². The van der Waals surface area contributed by atoms with Crippen molar-refractivity contribution in [3.8, 4) is 0 Å². The molecular weight excluding hydrogens is 306 g/mol. The van der Waals surface area contributed by atoms with Crippen molar-refractivity contribution in [2.24, 2.45) is 5.92 Å². The van der Waals surface area contributed by atoms with Gasteiger partial charge in [-0.05, 0) is 25.7 Å². The molecule has 0 bridgehead atoms. The first-order chi connectivity index (χ1) is 11.6. The number of carbonyl (C=O) groups is 2. The zero-order valence-electron chi connectivity index (χ0n) is 15.1. The monoisotopic (exact) mass is 337 g/mol. The Morgan fingerprint density at radius 3 is 2.62 bits per heavy atom. The normalized spacial score (nSPS) is 30.7. The maximum Gasteiger partial charge on any atom is 0.245 e. The van der Waals surface area contributed by atoms with Crippen LogP contribution in [0.15, 0.2) is 0 Å². The minimum absolute atomic E-state index is 0.124. The summed E-state index contributed by atoms with van der Waals surface area (Å²) in [6, 6.07) is 0.117. The van der Waals surface area contributed by atoms with Crippen LogP contribution in [0.25, 0.3) is 0 Å². The molecule has 0 aromatic carbocycles. The van der Waals surface area contributed by atoms with E-state index in [4.69, 9.17) is 4.74 Å². The number of hydrogen-bond acceptors (Lipinski definition) is 4. The molecule has 3 heterocycles. The molecule has 0 spiro atoms. The van der Waals surface area contributed by atoms with Gasteiger partial charge in [0.1, 0.15) is 6.04 Å². The first-order valence-corrected chi connectivity index (χ1v) is 9.52. The number of morpholine rings is 1. The second-order valence-electron chi connectivity index (χ2n) is 7.35. The van der Waals surface area contributed by atoms with Gasteiger partial charge in [0.25, 0.3) is 0 Å². The van der Waals surface area contributed by atoms with E-state index in [1.54, 1.807) is 4.90 Å². The van der Waals surface area contributed by atoms with Gasteiger partial charge in [-0.2, -0.15) is 0 Å². The van der Waals surface area contributed by atoms with Crippen molar-refractivity contribution in [2.75, 3.05) is 45.9 Å². The maximum absolute atomic E-state index is 13.0. The second-order valence-corrected chi connectivity index (χ2v) is 7.35. The zero-order chi connectivity index (χ0) is 17.1. The summed E-state index contributed by atoms with van der Waals surface area (Å²) in [4.78, 5) is 31.4. The molecule has 3 aliphatic heterocycles. The summed E-state index contributed by atoms with van der Waals surface area (Å²) in [5.74, 6) is 0.786. The molecule has 3 aliphatic rings. The molecule has 6 nitrogen and oxygen atoms in total. The van der Waals surface area contributed by atoms with Gasteiger partial charge in [0.15, 0.2) is 0 Å². The molecule has 3 fully saturated rings. The number of carbonyl (C=O) groups excluding carboxylic acids is 2. The predicted molar refractivity (Wildman–Crippen MR) is 91.6 cm³/mol. The number of likely N-dealkylation sites (tertiary alicyclic amines) is 2. The van der Waals surface area contributed by atoms with Gasteiger partial charge < -0.3 is 14.5 Å². The van der Waals surface area contributed by atoms with Crippen LogP contribution in [-0.4, -0.2) is 84.5 Å². The van der Waals surface area contributed by atoms with Crippen molar-refractivity contribution in [1.82, 2.24) is 14.7 Å². The largest absolute Gasteiger partial charge is 0.379 e. The molecule has 0 unspecified atom stereocenters. The van der Waals surface area contributed by atoms with E-state index in [-0.39, 0.29) is 17.9 Å². The third-order valence-corrected chi connectivity index (χ3v) is 5.94.